The van der Waals surface area contributed by atoms with Gasteiger partial charge in [-0.1, -0.05) is 15.9 Å². The number of rotatable bonds is 2. The zero-order valence-electron chi connectivity index (χ0n) is 8.00. The lowest BCUT2D eigenvalue weighted by Crippen LogP contribution is -2.16. The molecule has 1 aliphatic rings. The lowest BCUT2D eigenvalue weighted by Gasteiger charge is -2.07. The zero-order chi connectivity index (χ0) is 10.8. The van der Waals surface area contributed by atoms with Crippen LogP contribution in [0.2, 0.25) is 0 Å². The van der Waals surface area contributed by atoms with Gasteiger partial charge in [0.05, 0.1) is 12.2 Å². The summed E-state index contributed by atoms with van der Waals surface area (Å²) in [4.78, 5) is 11.8. The van der Waals surface area contributed by atoms with Crippen LogP contribution in [0.25, 0.3) is 0 Å². The third-order valence-electron chi connectivity index (χ3n) is 2.50. The fourth-order valence-corrected chi connectivity index (χ4v) is 1.98. The van der Waals surface area contributed by atoms with Gasteiger partial charge in [-0.05, 0) is 24.6 Å². The summed E-state index contributed by atoms with van der Waals surface area (Å²) in [5.74, 6) is -0.806. The average molecular weight is 273 g/mol. The van der Waals surface area contributed by atoms with E-state index in [1.807, 2.05) is 0 Å². The first kappa shape index (κ1) is 10.8. The molecule has 1 heterocycles. The molecule has 0 aromatic heterocycles. The van der Waals surface area contributed by atoms with Crippen LogP contribution in [-0.2, 0) is 4.74 Å². The van der Waals surface area contributed by atoms with Crippen molar-refractivity contribution in [3.8, 4) is 0 Å². The lowest BCUT2D eigenvalue weighted by molar-refractivity contribution is 0.0896. The van der Waals surface area contributed by atoms with Crippen LogP contribution in [0.4, 0.5) is 4.39 Å². The Hall–Kier alpha value is -0.740. The van der Waals surface area contributed by atoms with Gasteiger partial charge in [0.15, 0.2) is 5.78 Å². The molecule has 1 saturated heterocycles. The van der Waals surface area contributed by atoms with E-state index in [1.54, 1.807) is 6.07 Å². The Balaban J connectivity index is 2.24. The van der Waals surface area contributed by atoms with Crippen LogP contribution in [0.1, 0.15) is 16.8 Å². The second kappa shape index (κ2) is 4.41. The molecule has 1 atom stereocenters. The zero-order valence-corrected chi connectivity index (χ0v) is 9.59. The van der Waals surface area contributed by atoms with E-state index in [0.717, 1.165) is 0 Å². The minimum atomic E-state index is -0.471. The Labute approximate surface area is 95.6 Å². The van der Waals surface area contributed by atoms with Crippen LogP contribution in [-0.4, -0.2) is 19.0 Å². The molecule has 1 aliphatic heterocycles. The van der Waals surface area contributed by atoms with Crippen LogP contribution in [0.5, 0.6) is 0 Å². The highest BCUT2D eigenvalue weighted by Crippen LogP contribution is 2.22. The second-order valence-corrected chi connectivity index (χ2v) is 4.46. The predicted octanol–water partition coefficient (Wildman–Crippen LogP) is 2.81. The van der Waals surface area contributed by atoms with Crippen LogP contribution in [0.3, 0.4) is 0 Å². The number of benzene rings is 1. The molecular weight excluding hydrogens is 263 g/mol. The first-order valence-electron chi connectivity index (χ1n) is 4.75. The van der Waals surface area contributed by atoms with Crippen LogP contribution in [0.15, 0.2) is 22.7 Å². The van der Waals surface area contributed by atoms with Crippen molar-refractivity contribution in [3.63, 3.8) is 0 Å². The largest absolute Gasteiger partial charge is 0.381 e. The molecule has 1 unspecified atom stereocenters. The Morgan fingerprint density at radius 2 is 2.33 bits per heavy atom. The van der Waals surface area contributed by atoms with Gasteiger partial charge in [-0.3, -0.25) is 4.79 Å². The SMILES string of the molecule is O=C(c1ccc(Br)cc1F)C1CCOC1. The molecule has 2 nitrogen and oxygen atoms in total. The van der Waals surface area contributed by atoms with Gasteiger partial charge in [-0.2, -0.15) is 0 Å². The Morgan fingerprint density at radius 1 is 1.53 bits per heavy atom. The van der Waals surface area contributed by atoms with Gasteiger partial charge in [0, 0.05) is 17.0 Å². The fourth-order valence-electron chi connectivity index (χ4n) is 1.65. The standard InChI is InChI=1S/C11H10BrFO2/c12-8-1-2-9(10(13)5-8)11(14)7-3-4-15-6-7/h1-2,5,7H,3-4,6H2. The molecule has 0 saturated carbocycles. The van der Waals surface area contributed by atoms with E-state index in [2.05, 4.69) is 15.9 Å². The lowest BCUT2D eigenvalue weighted by atomic mass is 9.97. The van der Waals surface area contributed by atoms with Crippen molar-refractivity contribution in [2.45, 2.75) is 6.42 Å². The summed E-state index contributed by atoms with van der Waals surface area (Å²) in [5, 5.41) is 0. The van der Waals surface area contributed by atoms with Crippen molar-refractivity contribution in [1.82, 2.24) is 0 Å². The summed E-state index contributed by atoms with van der Waals surface area (Å²) in [5.41, 5.74) is 0.161. The summed E-state index contributed by atoms with van der Waals surface area (Å²) in [6, 6.07) is 4.50. The van der Waals surface area contributed by atoms with Crippen molar-refractivity contribution in [1.29, 1.82) is 0 Å². The molecular formula is C11H10BrFO2. The molecule has 1 fully saturated rings. The van der Waals surface area contributed by atoms with Crippen LogP contribution >= 0.6 is 15.9 Å². The topological polar surface area (TPSA) is 26.3 Å². The van der Waals surface area contributed by atoms with Gasteiger partial charge < -0.3 is 4.74 Å². The Bertz CT molecular complexity index is 386. The first-order valence-corrected chi connectivity index (χ1v) is 5.55. The van der Waals surface area contributed by atoms with Gasteiger partial charge in [0.25, 0.3) is 0 Å². The molecule has 1 aromatic carbocycles. The number of ether oxygens (including phenoxy) is 1. The van der Waals surface area contributed by atoms with E-state index in [-0.39, 0.29) is 17.3 Å². The number of Topliss-reactive ketones (excluding diaryl/α,β-unsaturated/α-hetero) is 1. The highest BCUT2D eigenvalue weighted by atomic mass is 79.9. The summed E-state index contributed by atoms with van der Waals surface area (Å²) >= 11 is 3.15. The molecule has 0 spiro atoms. The number of carbonyl (C=O) groups excluding carboxylic acids is 1. The van der Waals surface area contributed by atoms with Gasteiger partial charge in [-0.25, -0.2) is 4.39 Å². The van der Waals surface area contributed by atoms with Gasteiger partial charge >= 0.3 is 0 Å². The number of halogens is 2. The van der Waals surface area contributed by atoms with Crippen molar-refractivity contribution >= 4 is 21.7 Å². The van der Waals surface area contributed by atoms with E-state index in [1.165, 1.54) is 12.1 Å². The van der Waals surface area contributed by atoms with E-state index < -0.39 is 5.82 Å². The van der Waals surface area contributed by atoms with Gasteiger partial charge in [0.2, 0.25) is 0 Å². The average Bonchev–Trinajstić information content (AvgIpc) is 2.69. The molecule has 0 aliphatic carbocycles. The minimum absolute atomic E-state index is 0.155. The quantitative estimate of drug-likeness (QED) is 0.774. The summed E-state index contributed by atoms with van der Waals surface area (Å²) < 4.78 is 19.2. The fraction of sp³-hybridized carbons (Fsp3) is 0.364. The molecule has 2 rings (SSSR count). The first-order chi connectivity index (χ1) is 7.18. The van der Waals surface area contributed by atoms with E-state index in [4.69, 9.17) is 4.74 Å². The van der Waals surface area contributed by atoms with Crippen LogP contribution in [0, 0.1) is 11.7 Å². The van der Waals surface area contributed by atoms with E-state index in [0.29, 0.717) is 24.1 Å². The summed E-state index contributed by atoms with van der Waals surface area (Å²) in [6.45, 7) is 1.00. The smallest absolute Gasteiger partial charge is 0.171 e. The van der Waals surface area contributed by atoms with E-state index in [9.17, 15) is 9.18 Å². The predicted molar refractivity (Wildman–Crippen MR) is 57.4 cm³/mol. The third kappa shape index (κ3) is 2.26. The number of hydrogen-bond acceptors (Lipinski definition) is 2. The number of carbonyl (C=O) groups is 1. The van der Waals surface area contributed by atoms with Crippen molar-refractivity contribution in [2.75, 3.05) is 13.2 Å². The maximum atomic E-state index is 13.5. The van der Waals surface area contributed by atoms with E-state index >= 15 is 0 Å². The minimum Gasteiger partial charge on any atom is -0.381 e. The van der Waals surface area contributed by atoms with Crippen molar-refractivity contribution in [3.05, 3.63) is 34.1 Å². The molecule has 0 N–H and O–H groups in total. The molecule has 0 radical (unpaired) electrons. The van der Waals surface area contributed by atoms with Crippen LogP contribution < -0.4 is 0 Å². The summed E-state index contributed by atoms with van der Waals surface area (Å²) in [6.07, 6.45) is 0.689. The third-order valence-corrected chi connectivity index (χ3v) is 2.99. The highest BCUT2D eigenvalue weighted by Gasteiger charge is 2.26. The maximum absolute atomic E-state index is 13.5. The maximum Gasteiger partial charge on any atom is 0.171 e. The molecule has 15 heavy (non-hydrogen) atoms. The molecule has 0 bridgehead atoms. The van der Waals surface area contributed by atoms with Gasteiger partial charge in [-0.15, -0.1) is 0 Å². The van der Waals surface area contributed by atoms with Crippen molar-refractivity contribution < 1.29 is 13.9 Å². The molecule has 4 heteroatoms. The number of hydrogen-bond donors (Lipinski definition) is 0. The summed E-state index contributed by atoms with van der Waals surface area (Å²) in [7, 11) is 0. The normalized spacial score (nSPS) is 20.5. The Morgan fingerprint density at radius 3 is 2.93 bits per heavy atom. The highest BCUT2D eigenvalue weighted by molar-refractivity contribution is 9.10. The Kier molecular flexibility index (Phi) is 3.17. The molecule has 80 valence electrons. The van der Waals surface area contributed by atoms with Gasteiger partial charge in [0.1, 0.15) is 5.82 Å². The molecule has 0 amide bonds. The number of ketones is 1. The monoisotopic (exact) mass is 272 g/mol. The van der Waals surface area contributed by atoms with Crippen molar-refractivity contribution in [2.24, 2.45) is 5.92 Å². The second-order valence-electron chi connectivity index (χ2n) is 3.55. The molecule has 1 aromatic rings.